The molecule has 1 saturated carbocycles. The van der Waals surface area contributed by atoms with E-state index in [1.807, 2.05) is 0 Å². The van der Waals surface area contributed by atoms with Gasteiger partial charge in [-0.25, -0.2) is 4.98 Å². The molecule has 1 aliphatic rings. The molecular weight excluding hydrogens is 323 g/mol. The summed E-state index contributed by atoms with van der Waals surface area (Å²) in [4.78, 5) is 15.3. The third-order valence-corrected chi connectivity index (χ3v) is 4.65. The number of amides is 1. The summed E-state index contributed by atoms with van der Waals surface area (Å²) in [5.74, 6) is -1.02. The van der Waals surface area contributed by atoms with Crippen molar-refractivity contribution in [1.29, 1.82) is 5.26 Å². The Morgan fingerprint density at radius 3 is 2.84 bits per heavy atom. The van der Waals surface area contributed by atoms with Crippen LogP contribution in [-0.2, 0) is 5.54 Å². The number of primary amides is 1. The largest absolute Gasteiger partial charge is 0.365 e. The van der Waals surface area contributed by atoms with Gasteiger partial charge in [0.1, 0.15) is 5.56 Å². The maximum absolute atomic E-state index is 13.3. The summed E-state index contributed by atoms with van der Waals surface area (Å²) in [6.45, 7) is 0. The molecule has 3 rings (SSSR count). The number of nitrogens with zero attached hydrogens (tertiary/aromatic N) is 4. The molecule has 3 N–H and O–H groups in total. The molecule has 1 amide bonds. The fourth-order valence-corrected chi connectivity index (χ4v) is 3.35. The molecule has 130 valence electrons. The second-order valence-electron chi connectivity index (χ2n) is 6.31. The lowest BCUT2D eigenvalue weighted by Gasteiger charge is -2.35. The Labute approximate surface area is 144 Å². The van der Waals surface area contributed by atoms with Gasteiger partial charge in [0.05, 0.1) is 18.0 Å². The summed E-state index contributed by atoms with van der Waals surface area (Å²) >= 11 is 0. The zero-order valence-corrected chi connectivity index (χ0v) is 13.7. The van der Waals surface area contributed by atoms with Crippen LogP contribution < -0.4 is 11.1 Å². The number of aromatic nitrogens is 3. The van der Waals surface area contributed by atoms with Crippen LogP contribution in [0.25, 0.3) is 0 Å². The SMILES string of the molecule is N#CCC1(n2cc(C(N)=O)c(Nc3ccnc(F)c3)n2)CCCCC1. The van der Waals surface area contributed by atoms with Crippen molar-refractivity contribution >= 4 is 17.4 Å². The molecular formula is C17H19FN6O. The Balaban J connectivity index is 1.99. The third-order valence-electron chi connectivity index (χ3n) is 4.65. The summed E-state index contributed by atoms with van der Waals surface area (Å²) < 4.78 is 15.0. The van der Waals surface area contributed by atoms with Gasteiger partial charge in [-0.15, -0.1) is 0 Å². The quantitative estimate of drug-likeness (QED) is 0.812. The number of nitrogens with one attached hydrogen (secondary N) is 1. The van der Waals surface area contributed by atoms with E-state index in [2.05, 4.69) is 21.5 Å². The number of carbonyl (C=O) groups excluding carboxylic acids is 1. The molecule has 0 saturated heterocycles. The van der Waals surface area contributed by atoms with E-state index in [1.54, 1.807) is 16.9 Å². The molecule has 0 unspecified atom stereocenters. The van der Waals surface area contributed by atoms with Gasteiger partial charge in [0.25, 0.3) is 5.91 Å². The van der Waals surface area contributed by atoms with Gasteiger partial charge >= 0.3 is 0 Å². The number of rotatable bonds is 5. The van der Waals surface area contributed by atoms with E-state index in [-0.39, 0.29) is 11.4 Å². The van der Waals surface area contributed by atoms with Crippen LogP contribution in [0.4, 0.5) is 15.9 Å². The average Bonchev–Trinajstić information content (AvgIpc) is 3.01. The summed E-state index contributed by atoms with van der Waals surface area (Å²) in [5, 5.41) is 16.6. The number of carbonyl (C=O) groups is 1. The van der Waals surface area contributed by atoms with Gasteiger partial charge in [-0.2, -0.15) is 14.8 Å². The number of hydrogen-bond donors (Lipinski definition) is 2. The second-order valence-corrected chi connectivity index (χ2v) is 6.31. The second kappa shape index (κ2) is 6.89. The van der Waals surface area contributed by atoms with Crippen molar-refractivity contribution in [1.82, 2.24) is 14.8 Å². The highest BCUT2D eigenvalue weighted by Gasteiger charge is 2.36. The third kappa shape index (κ3) is 3.45. The summed E-state index contributed by atoms with van der Waals surface area (Å²) in [7, 11) is 0. The van der Waals surface area contributed by atoms with Crippen LogP contribution in [0.2, 0.25) is 0 Å². The highest BCUT2D eigenvalue weighted by molar-refractivity contribution is 5.98. The molecule has 0 aromatic carbocycles. The Morgan fingerprint density at radius 2 is 2.20 bits per heavy atom. The zero-order chi connectivity index (χ0) is 17.9. The Morgan fingerprint density at radius 1 is 1.44 bits per heavy atom. The number of nitrogens with two attached hydrogens (primary N) is 1. The summed E-state index contributed by atoms with van der Waals surface area (Å²) in [6, 6.07) is 5.01. The van der Waals surface area contributed by atoms with E-state index in [9.17, 15) is 14.4 Å². The van der Waals surface area contributed by atoms with Gasteiger partial charge in [0, 0.05) is 24.1 Å². The molecule has 2 aromatic rings. The molecule has 2 heterocycles. The van der Waals surface area contributed by atoms with Gasteiger partial charge in [-0.3, -0.25) is 9.48 Å². The van der Waals surface area contributed by atoms with E-state index < -0.39 is 17.4 Å². The van der Waals surface area contributed by atoms with Gasteiger partial charge in [-0.05, 0) is 18.9 Å². The molecule has 8 heteroatoms. The predicted molar refractivity (Wildman–Crippen MR) is 89.5 cm³/mol. The van der Waals surface area contributed by atoms with Gasteiger partial charge in [-0.1, -0.05) is 19.3 Å². The van der Waals surface area contributed by atoms with Crippen molar-refractivity contribution in [2.75, 3.05) is 5.32 Å². The number of anilines is 2. The van der Waals surface area contributed by atoms with E-state index in [4.69, 9.17) is 5.73 Å². The van der Waals surface area contributed by atoms with Crippen LogP contribution in [0.15, 0.2) is 24.5 Å². The molecule has 0 aliphatic heterocycles. The van der Waals surface area contributed by atoms with Gasteiger partial charge < -0.3 is 11.1 Å². The molecule has 1 fully saturated rings. The van der Waals surface area contributed by atoms with E-state index in [0.717, 1.165) is 32.1 Å². The van der Waals surface area contributed by atoms with Crippen LogP contribution in [-0.4, -0.2) is 20.7 Å². The summed E-state index contributed by atoms with van der Waals surface area (Å²) in [6.07, 6.45) is 8.00. The van der Waals surface area contributed by atoms with Crippen molar-refractivity contribution in [2.24, 2.45) is 5.73 Å². The Hall–Kier alpha value is -2.95. The maximum Gasteiger partial charge on any atom is 0.254 e. The Bertz CT molecular complexity index is 819. The van der Waals surface area contributed by atoms with Crippen LogP contribution in [0, 0.1) is 17.3 Å². The first-order chi connectivity index (χ1) is 12.0. The van der Waals surface area contributed by atoms with Crippen LogP contribution in [0.5, 0.6) is 0 Å². The molecule has 0 radical (unpaired) electrons. The van der Waals surface area contributed by atoms with Crippen LogP contribution in [0.3, 0.4) is 0 Å². The predicted octanol–water partition coefficient (Wildman–Crippen LogP) is 2.83. The van der Waals surface area contributed by atoms with E-state index in [0.29, 0.717) is 12.1 Å². The maximum atomic E-state index is 13.3. The first-order valence-corrected chi connectivity index (χ1v) is 8.19. The highest BCUT2D eigenvalue weighted by atomic mass is 19.1. The van der Waals surface area contributed by atoms with Gasteiger partial charge in [0.15, 0.2) is 5.82 Å². The minimum atomic E-state index is -0.640. The van der Waals surface area contributed by atoms with Crippen molar-refractivity contribution in [3.8, 4) is 6.07 Å². The summed E-state index contributed by atoms with van der Waals surface area (Å²) in [5.41, 5.74) is 5.67. The van der Waals surface area contributed by atoms with Crippen LogP contribution in [0.1, 0.15) is 48.9 Å². The van der Waals surface area contributed by atoms with Gasteiger partial charge in [0.2, 0.25) is 5.95 Å². The topological polar surface area (TPSA) is 110 Å². The molecule has 25 heavy (non-hydrogen) atoms. The lowest BCUT2D eigenvalue weighted by atomic mass is 9.80. The number of nitriles is 1. The average molecular weight is 342 g/mol. The molecule has 0 atom stereocenters. The number of pyridine rings is 1. The minimum Gasteiger partial charge on any atom is -0.365 e. The fourth-order valence-electron chi connectivity index (χ4n) is 3.35. The molecule has 7 nitrogen and oxygen atoms in total. The molecule has 2 aromatic heterocycles. The minimum absolute atomic E-state index is 0.208. The van der Waals surface area contributed by atoms with Crippen molar-refractivity contribution < 1.29 is 9.18 Å². The van der Waals surface area contributed by atoms with Crippen molar-refractivity contribution in [3.63, 3.8) is 0 Å². The lowest BCUT2D eigenvalue weighted by molar-refractivity contribution is 0.100. The van der Waals surface area contributed by atoms with Crippen LogP contribution >= 0.6 is 0 Å². The monoisotopic (exact) mass is 342 g/mol. The lowest BCUT2D eigenvalue weighted by Crippen LogP contribution is -2.36. The van der Waals surface area contributed by atoms with E-state index >= 15 is 0 Å². The smallest absolute Gasteiger partial charge is 0.254 e. The van der Waals surface area contributed by atoms with Crippen molar-refractivity contribution in [3.05, 3.63) is 36.0 Å². The first-order valence-electron chi connectivity index (χ1n) is 8.19. The van der Waals surface area contributed by atoms with Crippen molar-refractivity contribution in [2.45, 2.75) is 44.1 Å². The van der Waals surface area contributed by atoms with E-state index in [1.165, 1.54) is 12.3 Å². The first kappa shape index (κ1) is 16.9. The molecule has 0 bridgehead atoms. The molecule has 0 spiro atoms. The fraction of sp³-hybridized carbons (Fsp3) is 0.412. The normalized spacial score (nSPS) is 16.2. The highest BCUT2D eigenvalue weighted by Crippen LogP contribution is 2.38. The Kier molecular flexibility index (Phi) is 4.65. The standard InChI is InChI=1S/C17H19FN6O/c18-14-10-12(4-9-21-14)22-16-13(15(20)25)11-24(23-16)17(7-8-19)5-2-1-3-6-17/h4,9-11H,1-3,5-7H2,(H2,20,25)(H,21,22,23). The molecule has 1 aliphatic carbocycles. The number of hydrogen-bond acceptors (Lipinski definition) is 5. The number of halogens is 1. The zero-order valence-electron chi connectivity index (χ0n) is 13.7.